The van der Waals surface area contributed by atoms with Crippen molar-refractivity contribution in [1.82, 2.24) is 4.31 Å². The Kier molecular flexibility index (Phi) is 7.52. The van der Waals surface area contributed by atoms with Gasteiger partial charge in [-0.25, -0.2) is 8.42 Å². The smallest absolute Gasteiger partial charge is 0.256 e. The summed E-state index contributed by atoms with van der Waals surface area (Å²) in [5.74, 6) is -0.327. The van der Waals surface area contributed by atoms with Gasteiger partial charge in [-0.05, 0) is 68.4 Å². The summed E-state index contributed by atoms with van der Waals surface area (Å²) in [6.07, 6.45) is 10.3. The molecule has 1 N–H and O–H groups in total. The molecule has 1 aromatic heterocycles. The number of nitriles is 1. The second kappa shape index (κ2) is 10.4. The van der Waals surface area contributed by atoms with Crippen LogP contribution in [0.25, 0.3) is 0 Å². The molecule has 1 aromatic carbocycles. The second-order valence-corrected chi connectivity index (χ2v) is 11.9. The molecule has 2 aliphatic rings. The molecule has 1 amide bonds. The van der Waals surface area contributed by atoms with E-state index in [0.717, 1.165) is 56.9 Å². The van der Waals surface area contributed by atoms with Crippen LogP contribution in [0.15, 0.2) is 29.2 Å². The molecular formula is C25H31N3O3S2. The lowest BCUT2D eigenvalue weighted by Gasteiger charge is -2.32. The standard InChI is InChI=1S/C25H31N3O3S2/c1-2-28(19-9-5-3-6-10-19)33(30,31)20-15-13-18(14-16-20)24(29)27-25-22(17-26)21-11-7-4-8-12-23(21)32-25/h13-16,19H,2-12H2,1H3,(H,27,29). The number of fused-ring (bicyclic) bond motifs is 1. The Morgan fingerprint density at radius 2 is 1.76 bits per heavy atom. The van der Waals surface area contributed by atoms with E-state index in [0.29, 0.717) is 22.7 Å². The third kappa shape index (κ3) is 5.01. The van der Waals surface area contributed by atoms with Crippen molar-refractivity contribution in [3.8, 4) is 6.07 Å². The first-order valence-electron chi connectivity index (χ1n) is 11.9. The Morgan fingerprint density at radius 1 is 1.09 bits per heavy atom. The minimum atomic E-state index is -3.61. The number of anilines is 1. The Hall–Kier alpha value is -2.21. The van der Waals surface area contributed by atoms with Crippen LogP contribution in [0.2, 0.25) is 0 Å². The number of carbonyl (C=O) groups is 1. The molecule has 0 radical (unpaired) electrons. The van der Waals surface area contributed by atoms with Crippen LogP contribution in [-0.2, 0) is 22.9 Å². The number of hydrogen-bond donors (Lipinski definition) is 1. The molecule has 0 spiro atoms. The molecule has 176 valence electrons. The number of hydrogen-bond acceptors (Lipinski definition) is 5. The van der Waals surface area contributed by atoms with Crippen LogP contribution in [0.3, 0.4) is 0 Å². The van der Waals surface area contributed by atoms with E-state index >= 15 is 0 Å². The molecule has 0 bridgehead atoms. The monoisotopic (exact) mass is 485 g/mol. The van der Waals surface area contributed by atoms with E-state index in [2.05, 4.69) is 11.4 Å². The summed E-state index contributed by atoms with van der Waals surface area (Å²) in [4.78, 5) is 14.3. The van der Waals surface area contributed by atoms with E-state index in [9.17, 15) is 18.5 Å². The molecule has 0 atom stereocenters. The van der Waals surface area contributed by atoms with Crippen LogP contribution in [0.1, 0.15) is 84.7 Å². The number of carbonyl (C=O) groups excluding carboxylic acids is 1. The lowest BCUT2D eigenvalue weighted by atomic mass is 9.95. The van der Waals surface area contributed by atoms with Gasteiger partial charge in [0.05, 0.1) is 10.5 Å². The number of rotatable bonds is 6. The fourth-order valence-corrected chi connectivity index (χ4v) is 7.96. The molecule has 1 heterocycles. The predicted octanol–water partition coefficient (Wildman–Crippen LogP) is 5.48. The quantitative estimate of drug-likeness (QED) is 0.548. The molecule has 8 heteroatoms. The van der Waals surface area contributed by atoms with Crippen molar-refractivity contribution in [3.05, 3.63) is 45.8 Å². The first kappa shape index (κ1) is 23.9. The number of amides is 1. The molecule has 4 rings (SSSR count). The summed E-state index contributed by atoms with van der Waals surface area (Å²) in [5.41, 5.74) is 2.04. The van der Waals surface area contributed by atoms with Gasteiger partial charge in [0.2, 0.25) is 10.0 Å². The highest BCUT2D eigenvalue weighted by molar-refractivity contribution is 7.89. The van der Waals surface area contributed by atoms with Crippen LogP contribution in [0, 0.1) is 11.3 Å². The van der Waals surface area contributed by atoms with E-state index in [4.69, 9.17) is 0 Å². The average molecular weight is 486 g/mol. The van der Waals surface area contributed by atoms with E-state index < -0.39 is 10.0 Å². The van der Waals surface area contributed by atoms with Gasteiger partial charge in [-0.15, -0.1) is 11.3 Å². The summed E-state index contributed by atoms with van der Waals surface area (Å²) < 4.78 is 28.1. The molecule has 0 unspecified atom stereocenters. The third-order valence-electron chi connectivity index (χ3n) is 6.78. The molecule has 2 aromatic rings. The van der Waals surface area contributed by atoms with Gasteiger partial charge in [-0.3, -0.25) is 4.79 Å². The van der Waals surface area contributed by atoms with Gasteiger partial charge < -0.3 is 5.32 Å². The SMILES string of the molecule is CCN(C1CCCCC1)S(=O)(=O)c1ccc(C(=O)Nc2sc3c(c2C#N)CCCCC3)cc1. The molecule has 0 saturated heterocycles. The van der Waals surface area contributed by atoms with Crippen LogP contribution >= 0.6 is 11.3 Å². The van der Waals surface area contributed by atoms with Gasteiger partial charge in [0.15, 0.2) is 0 Å². The first-order chi connectivity index (χ1) is 16.0. The number of benzene rings is 1. The van der Waals surface area contributed by atoms with Crippen LogP contribution in [0.5, 0.6) is 0 Å². The molecule has 1 fully saturated rings. The molecule has 0 aliphatic heterocycles. The van der Waals surface area contributed by atoms with Crippen molar-refractivity contribution in [2.24, 2.45) is 0 Å². The Labute approximate surface area is 200 Å². The highest BCUT2D eigenvalue weighted by Gasteiger charge is 2.31. The van der Waals surface area contributed by atoms with Crippen LogP contribution in [-0.4, -0.2) is 31.2 Å². The van der Waals surface area contributed by atoms with Crippen molar-refractivity contribution in [3.63, 3.8) is 0 Å². The maximum absolute atomic E-state index is 13.2. The van der Waals surface area contributed by atoms with E-state index in [1.54, 1.807) is 16.4 Å². The fraction of sp³-hybridized carbons (Fsp3) is 0.520. The number of nitrogens with zero attached hydrogens (tertiary/aromatic N) is 2. The minimum Gasteiger partial charge on any atom is -0.312 e. The summed E-state index contributed by atoms with van der Waals surface area (Å²) in [7, 11) is -3.61. The van der Waals surface area contributed by atoms with Crippen LogP contribution < -0.4 is 5.32 Å². The Morgan fingerprint density at radius 3 is 2.42 bits per heavy atom. The molecule has 33 heavy (non-hydrogen) atoms. The lowest BCUT2D eigenvalue weighted by molar-refractivity contribution is 0.102. The van der Waals surface area contributed by atoms with Crippen molar-refractivity contribution in [2.45, 2.75) is 82.1 Å². The Bertz CT molecular complexity index is 1140. The summed E-state index contributed by atoms with van der Waals surface area (Å²) in [6, 6.07) is 8.48. The van der Waals surface area contributed by atoms with E-state index in [1.807, 2.05) is 6.92 Å². The van der Waals surface area contributed by atoms with Gasteiger partial charge in [0.25, 0.3) is 5.91 Å². The minimum absolute atomic E-state index is 0.0511. The number of sulfonamides is 1. The predicted molar refractivity (Wildman–Crippen MR) is 131 cm³/mol. The van der Waals surface area contributed by atoms with E-state index in [1.165, 1.54) is 41.2 Å². The topological polar surface area (TPSA) is 90.3 Å². The summed E-state index contributed by atoms with van der Waals surface area (Å²) in [6.45, 7) is 2.32. The largest absolute Gasteiger partial charge is 0.312 e. The van der Waals surface area contributed by atoms with Gasteiger partial charge in [-0.2, -0.15) is 9.57 Å². The van der Waals surface area contributed by atoms with Gasteiger partial charge >= 0.3 is 0 Å². The zero-order valence-electron chi connectivity index (χ0n) is 19.1. The summed E-state index contributed by atoms with van der Waals surface area (Å²) in [5, 5.41) is 13.2. The molecule has 1 saturated carbocycles. The average Bonchev–Trinajstić information content (AvgIpc) is 2.98. The zero-order chi connectivity index (χ0) is 23.4. The molecule has 2 aliphatic carbocycles. The molecular weight excluding hydrogens is 454 g/mol. The second-order valence-electron chi connectivity index (χ2n) is 8.86. The normalized spacial score (nSPS) is 17.2. The van der Waals surface area contributed by atoms with Crippen molar-refractivity contribution in [1.29, 1.82) is 5.26 Å². The lowest BCUT2D eigenvalue weighted by Crippen LogP contribution is -2.41. The van der Waals surface area contributed by atoms with Crippen molar-refractivity contribution >= 4 is 32.3 Å². The maximum atomic E-state index is 13.2. The summed E-state index contributed by atoms with van der Waals surface area (Å²) >= 11 is 1.50. The Balaban J connectivity index is 1.51. The highest BCUT2D eigenvalue weighted by Crippen LogP contribution is 2.37. The van der Waals surface area contributed by atoms with Gasteiger partial charge in [0.1, 0.15) is 11.1 Å². The van der Waals surface area contributed by atoms with Crippen molar-refractivity contribution in [2.75, 3.05) is 11.9 Å². The van der Waals surface area contributed by atoms with Gasteiger partial charge in [0, 0.05) is 23.0 Å². The van der Waals surface area contributed by atoms with Crippen LogP contribution in [0.4, 0.5) is 5.00 Å². The first-order valence-corrected chi connectivity index (χ1v) is 14.2. The fourth-order valence-electron chi connectivity index (χ4n) is 5.03. The highest BCUT2D eigenvalue weighted by atomic mass is 32.2. The van der Waals surface area contributed by atoms with E-state index in [-0.39, 0.29) is 16.8 Å². The van der Waals surface area contributed by atoms with Gasteiger partial charge in [-0.1, -0.05) is 32.6 Å². The third-order valence-corrected chi connectivity index (χ3v) is 10.0. The molecule has 6 nitrogen and oxygen atoms in total. The zero-order valence-corrected chi connectivity index (χ0v) is 20.7. The number of aryl methyl sites for hydroxylation is 1. The maximum Gasteiger partial charge on any atom is 0.256 e. The van der Waals surface area contributed by atoms with Crippen molar-refractivity contribution < 1.29 is 13.2 Å². The number of nitrogens with one attached hydrogen (secondary N) is 1. The number of thiophene rings is 1.